The van der Waals surface area contributed by atoms with E-state index in [0.717, 1.165) is 18.4 Å². The van der Waals surface area contributed by atoms with Gasteiger partial charge in [0.2, 0.25) is 0 Å². The van der Waals surface area contributed by atoms with E-state index in [-0.39, 0.29) is 18.1 Å². The van der Waals surface area contributed by atoms with Gasteiger partial charge in [-0.25, -0.2) is 4.79 Å². The van der Waals surface area contributed by atoms with Crippen molar-refractivity contribution in [2.75, 3.05) is 7.11 Å². The molecule has 0 aromatic rings. The van der Waals surface area contributed by atoms with Crippen LogP contribution in [0.5, 0.6) is 0 Å². The molecule has 0 aliphatic carbocycles. The third-order valence-corrected chi connectivity index (χ3v) is 4.06. The highest BCUT2D eigenvalue weighted by Crippen LogP contribution is 2.19. The molecule has 0 aromatic heterocycles. The van der Waals surface area contributed by atoms with Crippen LogP contribution in [-0.2, 0) is 14.3 Å². The normalized spacial score (nSPS) is 34.7. The van der Waals surface area contributed by atoms with Gasteiger partial charge < -0.3 is 14.6 Å². The maximum atomic E-state index is 11.8. The van der Waals surface area contributed by atoms with E-state index in [4.69, 9.17) is 9.47 Å². The number of allylic oxidation sites excluding steroid dienone is 1. The molecule has 4 nitrogen and oxygen atoms in total. The largest absolute Gasteiger partial charge is 0.459 e. The lowest BCUT2D eigenvalue weighted by Crippen LogP contribution is -2.23. The molecule has 1 aliphatic heterocycles. The van der Waals surface area contributed by atoms with E-state index in [1.807, 2.05) is 13.8 Å². The van der Waals surface area contributed by atoms with Crippen molar-refractivity contribution in [1.82, 2.24) is 0 Å². The van der Waals surface area contributed by atoms with Gasteiger partial charge in [0.25, 0.3) is 0 Å². The molecule has 0 radical (unpaired) electrons. The van der Waals surface area contributed by atoms with Crippen LogP contribution in [0.3, 0.4) is 0 Å². The van der Waals surface area contributed by atoms with Gasteiger partial charge in [0, 0.05) is 13.2 Å². The van der Waals surface area contributed by atoms with Crippen molar-refractivity contribution in [1.29, 1.82) is 0 Å². The average molecular weight is 308 g/mol. The van der Waals surface area contributed by atoms with Gasteiger partial charge in [0.1, 0.15) is 6.10 Å². The molecular weight excluding hydrogens is 280 g/mol. The summed E-state index contributed by atoms with van der Waals surface area (Å²) in [6, 6.07) is 0. The van der Waals surface area contributed by atoms with Crippen molar-refractivity contribution >= 4 is 5.97 Å². The van der Waals surface area contributed by atoms with Gasteiger partial charge >= 0.3 is 5.97 Å². The lowest BCUT2D eigenvalue weighted by Gasteiger charge is -2.21. The Hall–Kier alpha value is -1.39. The zero-order valence-electron chi connectivity index (χ0n) is 14.2. The first-order chi connectivity index (χ1) is 10.2. The Bertz CT molecular complexity index is 460. The minimum atomic E-state index is -1.23. The summed E-state index contributed by atoms with van der Waals surface area (Å²) in [5, 5.41) is 10.3. The van der Waals surface area contributed by atoms with Crippen LogP contribution >= 0.6 is 0 Å². The molecule has 0 bridgehead atoms. The molecule has 1 rings (SSSR count). The summed E-state index contributed by atoms with van der Waals surface area (Å²) in [7, 11) is 1.64. The van der Waals surface area contributed by atoms with E-state index >= 15 is 0 Å². The number of ether oxygens (including phenoxy) is 2. The first-order valence-electron chi connectivity index (χ1n) is 7.76. The van der Waals surface area contributed by atoms with E-state index in [9.17, 15) is 9.90 Å². The van der Waals surface area contributed by atoms with Crippen LogP contribution in [0.1, 0.15) is 40.5 Å². The second kappa shape index (κ2) is 8.30. The second-order valence-corrected chi connectivity index (χ2v) is 6.22. The first-order valence-corrected chi connectivity index (χ1v) is 7.76. The van der Waals surface area contributed by atoms with Crippen LogP contribution in [-0.4, -0.2) is 36.0 Å². The molecule has 1 aliphatic rings. The van der Waals surface area contributed by atoms with Crippen LogP contribution in [0.25, 0.3) is 0 Å². The monoisotopic (exact) mass is 308 g/mol. The summed E-state index contributed by atoms with van der Waals surface area (Å²) in [4.78, 5) is 11.8. The van der Waals surface area contributed by atoms with Crippen molar-refractivity contribution in [3.63, 3.8) is 0 Å². The molecular formula is C18H28O4. The van der Waals surface area contributed by atoms with Crippen molar-refractivity contribution in [3.05, 3.63) is 36.0 Å². The molecule has 0 fully saturated rings. The summed E-state index contributed by atoms with van der Waals surface area (Å²) in [6.45, 7) is 7.59. The standard InChI is InChI=1S/C18H28O4/c1-13-7-6-8-14(2)16(21-5)9-11-18(4,20)12-10-17(19)22-15(13)3/h8-13,15-16,20H,6-7H2,1-5H3/t13-,15+,16-,18+/m0/s1. The lowest BCUT2D eigenvalue weighted by atomic mass is 9.97. The van der Waals surface area contributed by atoms with E-state index in [2.05, 4.69) is 13.0 Å². The Morgan fingerprint density at radius 2 is 2.05 bits per heavy atom. The number of cyclic esters (lactones) is 1. The molecule has 0 saturated carbocycles. The summed E-state index contributed by atoms with van der Waals surface area (Å²) < 4.78 is 10.8. The molecule has 0 amide bonds. The van der Waals surface area contributed by atoms with Gasteiger partial charge in [-0.05, 0) is 51.2 Å². The Kier molecular flexibility index (Phi) is 7.04. The molecule has 4 heteroatoms. The molecule has 1 N–H and O–H groups in total. The maximum Gasteiger partial charge on any atom is 0.330 e. The molecule has 124 valence electrons. The predicted molar refractivity (Wildman–Crippen MR) is 87.4 cm³/mol. The van der Waals surface area contributed by atoms with E-state index in [0.29, 0.717) is 0 Å². The van der Waals surface area contributed by atoms with Gasteiger partial charge in [-0.2, -0.15) is 0 Å². The van der Waals surface area contributed by atoms with Crippen molar-refractivity contribution in [2.24, 2.45) is 5.92 Å². The fourth-order valence-corrected chi connectivity index (χ4v) is 2.25. The number of hydrogen-bond acceptors (Lipinski definition) is 4. The highest BCUT2D eigenvalue weighted by molar-refractivity contribution is 5.82. The summed E-state index contributed by atoms with van der Waals surface area (Å²) in [5.74, 6) is -0.165. The van der Waals surface area contributed by atoms with E-state index < -0.39 is 11.6 Å². The van der Waals surface area contributed by atoms with Crippen LogP contribution in [0, 0.1) is 5.92 Å². The van der Waals surface area contributed by atoms with Gasteiger partial charge in [-0.15, -0.1) is 0 Å². The molecule has 0 aromatic carbocycles. The highest BCUT2D eigenvalue weighted by atomic mass is 16.5. The molecule has 22 heavy (non-hydrogen) atoms. The van der Waals surface area contributed by atoms with E-state index in [1.165, 1.54) is 12.2 Å². The Balaban J connectivity index is 3.04. The number of methoxy groups -OCH3 is 1. The van der Waals surface area contributed by atoms with Crippen LogP contribution in [0.15, 0.2) is 36.0 Å². The zero-order valence-corrected chi connectivity index (χ0v) is 14.2. The Morgan fingerprint density at radius 3 is 2.68 bits per heavy atom. The number of esters is 1. The number of aliphatic hydroxyl groups is 1. The third kappa shape index (κ3) is 6.16. The maximum absolute atomic E-state index is 11.8. The minimum Gasteiger partial charge on any atom is -0.459 e. The fraction of sp³-hybridized carbons (Fsp3) is 0.611. The van der Waals surface area contributed by atoms with E-state index in [1.54, 1.807) is 26.2 Å². The molecule has 1 heterocycles. The van der Waals surface area contributed by atoms with Gasteiger partial charge in [0.15, 0.2) is 0 Å². The predicted octanol–water partition coefficient (Wildman–Crippen LogP) is 3.17. The van der Waals surface area contributed by atoms with Crippen LogP contribution in [0.4, 0.5) is 0 Å². The lowest BCUT2D eigenvalue weighted by molar-refractivity contribution is -0.144. The zero-order chi connectivity index (χ0) is 16.8. The Morgan fingerprint density at radius 1 is 1.36 bits per heavy atom. The highest BCUT2D eigenvalue weighted by Gasteiger charge is 2.18. The molecule has 0 spiro atoms. The van der Waals surface area contributed by atoms with Crippen molar-refractivity contribution in [3.8, 4) is 0 Å². The van der Waals surface area contributed by atoms with Gasteiger partial charge in [-0.1, -0.05) is 25.2 Å². The molecule has 0 saturated heterocycles. The number of hydrogen-bond donors (Lipinski definition) is 1. The smallest absolute Gasteiger partial charge is 0.330 e. The quantitative estimate of drug-likeness (QED) is 0.597. The topological polar surface area (TPSA) is 55.8 Å². The number of carbonyl (C=O) groups is 1. The summed E-state index contributed by atoms with van der Waals surface area (Å²) in [5.41, 5.74) is -0.123. The molecule has 4 atom stereocenters. The van der Waals surface area contributed by atoms with Gasteiger partial charge in [-0.3, -0.25) is 0 Å². The van der Waals surface area contributed by atoms with Crippen molar-refractivity contribution < 1.29 is 19.4 Å². The number of rotatable bonds is 1. The second-order valence-electron chi connectivity index (χ2n) is 6.22. The van der Waals surface area contributed by atoms with Crippen LogP contribution < -0.4 is 0 Å². The molecule has 0 unspecified atom stereocenters. The Labute approximate surface area is 133 Å². The minimum absolute atomic E-state index is 0.160. The average Bonchev–Trinajstić information content (AvgIpc) is 2.44. The SMILES string of the molecule is CO[C@H]1C=C[C@@](C)(O)C=CC(=O)O[C@H](C)[C@@H](C)CCC=C1C. The summed E-state index contributed by atoms with van der Waals surface area (Å²) in [6.07, 6.45) is 9.78. The summed E-state index contributed by atoms with van der Waals surface area (Å²) >= 11 is 0. The number of carbonyl (C=O) groups excluding carboxylic acids is 1. The third-order valence-electron chi connectivity index (χ3n) is 4.06. The fourth-order valence-electron chi connectivity index (χ4n) is 2.25. The van der Waals surface area contributed by atoms with Crippen LogP contribution in [0.2, 0.25) is 0 Å². The first kappa shape index (κ1) is 18.7. The van der Waals surface area contributed by atoms with Gasteiger partial charge in [0.05, 0.1) is 11.7 Å². The van der Waals surface area contributed by atoms with Crippen molar-refractivity contribution in [2.45, 2.75) is 58.3 Å².